The average molecular weight is 559 g/mol. The Morgan fingerprint density at radius 1 is 1.17 bits per heavy atom. The van der Waals surface area contributed by atoms with Gasteiger partial charge in [0.25, 0.3) is 0 Å². The van der Waals surface area contributed by atoms with Crippen molar-refractivity contribution in [3.8, 4) is 9.88 Å². The molecule has 0 saturated carbocycles. The van der Waals surface area contributed by atoms with E-state index >= 15 is 0 Å². The zero-order valence-electron chi connectivity index (χ0n) is 18.6. The Bertz CT molecular complexity index is 1280. The van der Waals surface area contributed by atoms with Crippen molar-refractivity contribution in [1.29, 1.82) is 0 Å². The molecule has 4 N–H and O–H groups in total. The van der Waals surface area contributed by atoms with Gasteiger partial charge in [0.05, 0.1) is 34.4 Å². The van der Waals surface area contributed by atoms with E-state index in [1.54, 1.807) is 25.1 Å². The van der Waals surface area contributed by atoms with Gasteiger partial charge < -0.3 is 15.4 Å². The van der Waals surface area contributed by atoms with Crippen molar-refractivity contribution < 1.29 is 27.3 Å². The summed E-state index contributed by atoms with van der Waals surface area (Å²) in [6.45, 7) is 1.76. The molecule has 0 aliphatic heterocycles. The SMILES string of the molecule is CC[C@H](NC(=O)OC)C(=O)N[C@@H](Cc1ccc(NS(=O)(=O)O)cc1)c1csc(-c2sccc2Cl)n1. The first kappa shape index (κ1) is 26.9. The molecule has 35 heavy (non-hydrogen) atoms. The van der Waals surface area contributed by atoms with E-state index in [1.165, 1.54) is 41.9 Å². The molecule has 0 unspecified atom stereocenters. The Morgan fingerprint density at radius 2 is 1.89 bits per heavy atom. The molecule has 2 atom stereocenters. The molecule has 3 rings (SSSR count). The lowest BCUT2D eigenvalue weighted by Gasteiger charge is -2.22. The number of anilines is 1. The van der Waals surface area contributed by atoms with E-state index in [2.05, 4.69) is 20.4 Å². The third-order valence-electron chi connectivity index (χ3n) is 4.85. The molecule has 0 spiro atoms. The highest BCUT2D eigenvalue weighted by Crippen LogP contribution is 2.36. The second-order valence-electron chi connectivity index (χ2n) is 7.31. The highest BCUT2D eigenvalue weighted by Gasteiger charge is 2.25. The maximum atomic E-state index is 13.0. The van der Waals surface area contributed by atoms with Gasteiger partial charge in [-0.2, -0.15) is 8.42 Å². The normalized spacial score (nSPS) is 13.0. The third kappa shape index (κ3) is 7.64. The summed E-state index contributed by atoms with van der Waals surface area (Å²) in [5.74, 6) is -0.406. The van der Waals surface area contributed by atoms with Gasteiger partial charge in [-0.15, -0.1) is 22.7 Å². The van der Waals surface area contributed by atoms with Crippen LogP contribution in [-0.4, -0.2) is 43.1 Å². The van der Waals surface area contributed by atoms with Crippen LogP contribution in [0.2, 0.25) is 5.02 Å². The van der Waals surface area contributed by atoms with Crippen molar-refractivity contribution in [2.24, 2.45) is 0 Å². The Hall–Kier alpha value is -2.71. The predicted octanol–water partition coefficient (Wildman–Crippen LogP) is 4.27. The molecular formula is C21H23ClN4O6S3. The van der Waals surface area contributed by atoms with E-state index < -0.39 is 34.4 Å². The van der Waals surface area contributed by atoms with E-state index in [4.69, 9.17) is 16.2 Å². The fourth-order valence-electron chi connectivity index (χ4n) is 3.15. The molecule has 2 amide bonds. The number of carbonyl (C=O) groups is 2. The van der Waals surface area contributed by atoms with Gasteiger partial charge in [0.15, 0.2) is 0 Å². The number of ether oxygens (including phenoxy) is 1. The maximum absolute atomic E-state index is 13.0. The van der Waals surface area contributed by atoms with Gasteiger partial charge in [-0.25, -0.2) is 9.78 Å². The molecule has 188 valence electrons. The van der Waals surface area contributed by atoms with E-state index in [1.807, 2.05) is 15.5 Å². The van der Waals surface area contributed by atoms with Crippen LogP contribution in [-0.2, 0) is 26.3 Å². The molecule has 0 saturated heterocycles. The molecule has 0 radical (unpaired) electrons. The van der Waals surface area contributed by atoms with Gasteiger partial charge >= 0.3 is 16.4 Å². The fraction of sp³-hybridized carbons (Fsp3) is 0.286. The second kappa shape index (κ2) is 11.8. The summed E-state index contributed by atoms with van der Waals surface area (Å²) >= 11 is 9.10. The average Bonchev–Trinajstić information content (AvgIpc) is 3.45. The number of nitrogens with zero attached hydrogens (tertiary/aromatic N) is 1. The summed E-state index contributed by atoms with van der Waals surface area (Å²) in [5.41, 5.74) is 1.57. The van der Waals surface area contributed by atoms with Crippen molar-refractivity contribution in [2.75, 3.05) is 11.8 Å². The van der Waals surface area contributed by atoms with Crippen molar-refractivity contribution in [3.05, 3.63) is 57.4 Å². The second-order valence-corrected chi connectivity index (χ2v) is 10.6. The lowest BCUT2D eigenvalue weighted by Crippen LogP contribution is -2.47. The van der Waals surface area contributed by atoms with Gasteiger partial charge in [0, 0.05) is 5.38 Å². The quantitative estimate of drug-likeness (QED) is 0.272. The third-order valence-corrected chi connectivity index (χ3v) is 7.70. The molecule has 2 heterocycles. The number of hydrogen-bond donors (Lipinski definition) is 4. The number of nitrogens with one attached hydrogen (secondary N) is 3. The Kier molecular flexibility index (Phi) is 9.08. The first-order valence-corrected chi connectivity index (χ1v) is 13.8. The molecule has 14 heteroatoms. The minimum Gasteiger partial charge on any atom is -0.453 e. The number of halogens is 1. The first-order chi connectivity index (χ1) is 16.6. The zero-order chi connectivity index (χ0) is 25.6. The number of benzene rings is 1. The molecule has 0 aliphatic carbocycles. The number of amides is 2. The molecule has 0 fully saturated rings. The van der Waals surface area contributed by atoms with Gasteiger partial charge in [0.1, 0.15) is 11.0 Å². The van der Waals surface area contributed by atoms with E-state index in [9.17, 15) is 18.0 Å². The Labute approximate surface area is 215 Å². The molecule has 10 nitrogen and oxygen atoms in total. The zero-order valence-corrected chi connectivity index (χ0v) is 21.9. The molecule has 0 bridgehead atoms. The van der Waals surface area contributed by atoms with Crippen molar-refractivity contribution in [3.63, 3.8) is 0 Å². The van der Waals surface area contributed by atoms with Crippen LogP contribution in [0.1, 0.15) is 30.6 Å². The Morgan fingerprint density at radius 3 is 2.46 bits per heavy atom. The van der Waals surface area contributed by atoms with Gasteiger partial charge in [-0.3, -0.25) is 14.1 Å². The lowest BCUT2D eigenvalue weighted by molar-refractivity contribution is -0.123. The number of methoxy groups -OCH3 is 1. The summed E-state index contributed by atoms with van der Waals surface area (Å²) in [5, 5.41) is 10.4. The van der Waals surface area contributed by atoms with E-state index in [-0.39, 0.29) is 5.69 Å². The number of rotatable bonds is 10. The number of hydrogen-bond acceptors (Lipinski definition) is 8. The van der Waals surface area contributed by atoms with Crippen LogP contribution >= 0.6 is 34.3 Å². The predicted molar refractivity (Wildman–Crippen MR) is 136 cm³/mol. The van der Waals surface area contributed by atoms with Crippen LogP contribution in [0.15, 0.2) is 41.1 Å². The van der Waals surface area contributed by atoms with Crippen molar-refractivity contribution >= 4 is 62.3 Å². The summed E-state index contributed by atoms with van der Waals surface area (Å²) in [4.78, 5) is 30.1. The summed E-state index contributed by atoms with van der Waals surface area (Å²) in [7, 11) is -3.17. The van der Waals surface area contributed by atoms with Crippen LogP contribution in [0.5, 0.6) is 0 Å². The smallest absolute Gasteiger partial charge is 0.407 e. The van der Waals surface area contributed by atoms with Gasteiger partial charge in [0.2, 0.25) is 5.91 Å². The van der Waals surface area contributed by atoms with Crippen LogP contribution in [0, 0.1) is 0 Å². The van der Waals surface area contributed by atoms with E-state index in [0.717, 1.165) is 10.4 Å². The van der Waals surface area contributed by atoms with Gasteiger partial charge in [-0.05, 0) is 42.0 Å². The molecule has 1 aromatic carbocycles. The largest absolute Gasteiger partial charge is 0.453 e. The minimum absolute atomic E-state index is 0.188. The van der Waals surface area contributed by atoms with Crippen LogP contribution in [0.4, 0.5) is 10.5 Å². The summed E-state index contributed by atoms with van der Waals surface area (Å²) < 4.78 is 37.6. The number of carbonyl (C=O) groups excluding carboxylic acids is 2. The summed E-state index contributed by atoms with van der Waals surface area (Å²) in [6, 6.07) is 6.74. The fourth-order valence-corrected chi connectivity index (χ4v) is 5.78. The monoisotopic (exact) mass is 558 g/mol. The van der Waals surface area contributed by atoms with Crippen LogP contribution in [0.25, 0.3) is 9.88 Å². The highest BCUT2D eigenvalue weighted by atomic mass is 35.5. The van der Waals surface area contributed by atoms with Crippen LogP contribution < -0.4 is 15.4 Å². The molecule has 0 aliphatic rings. The topological polar surface area (TPSA) is 147 Å². The molecule has 3 aromatic rings. The Balaban J connectivity index is 1.85. The van der Waals surface area contributed by atoms with Crippen LogP contribution in [0.3, 0.4) is 0 Å². The van der Waals surface area contributed by atoms with Crippen molar-refractivity contribution in [2.45, 2.75) is 31.8 Å². The van der Waals surface area contributed by atoms with Gasteiger partial charge in [-0.1, -0.05) is 30.7 Å². The maximum Gasteiger partial charge on any atom is 0.407 e. The summed E-state index contributed by atoms with van der Waals surface area (Å²) in [6.07, 6.45) is -0.0428. The van der Waals surface area contributed by atoms with E-state index in [0.29, 0.717) is 28.6 Å². The first-order valence-electron chi connectivity index (χ1n) is 10.3. The standard InChI is InChI=1S/C21H23ClN4O6S3/c1-3-15(25-21(28)32-2)19(27)23-16(10-12-4-6-13(7-5-12)26-35(29,30)31)17-11-34-20(24-17)18-14(22)8-9-33-18/h4-9,11,15-16,26H,3,10H2,1-2H3,(H,23,27)(H,25,28)(H,29,30,31)/t15-,16-/m0/s1. The molecule has 2 aromatic heterocycles. The van der Waals surface area contributed by atoms with Crippen molar-refractivity contribution in [1.82, 2.24) is 15.6 Å². The number of aromatic nitrogens is 1. The number of thiazole rings is 1. The molecular weight excluding hydrogens is 536 g/mol. The number of alkyl carbamates (subject to hydrolysis) is 1. The highest BCUT2D eigenvalue weighted by molar-refractivity contribution is 7.87. The number of thiophene rings is 1. The lowest BCUT2D eigenvalue weighted by atomic mass is 10.0. The minimum atomic E-state index is -4.39.